The molecule has 0 saturated heterocycles. The van der Waals surface area contributed by atoms with E-state index in [9.17, 15) is 14.7 Å². The zero-order valence-corrected chi connectivity index (χ0v) is 16.8. The molecule has 0 atom stereocenters. The highest BCUT2D eigenvalue weighted by molar-refractivity contribution is 5.83. The van der Waals surface area contributed by atoms with Gasteiger partial charge >= 0.3 is 5.63 Å². The monoisotopic (exact) mass is 380 g/mol. The minimum Gasteiger partial charge on any atom is -0.507 e. The predicted molar refractivity (Wildman–Crippen MR) is 114 cm³/mol. The second kappa shape index (κ2) is 10.5. The van der Waals surface area contributed by atoms with Gasteiger partial charge in [-0.1, -0.05) is 41.5 Å². The predicted octanol–water partition coefficient (Wildman–Crippen LogP) is 5.64. The minimum atomic E-state index is -0.491. The first kappa shape index (κ1) is 21.4. The molecule has 0 unspecified atom stereocenters. The van der Waals surface area contributed by atoms with Gasteiger partial charge in [0.25, 0.3) is 0 Å². The Balaban J connectivity index is 1.94. The van der Waals surface area contributed by atoms with Crippen LogP contribution in [0.5, 0.6) is 5.75 Å². The number of allylic oxidation sites excluding steroid dienone is 6. The molecule has 2 rings (SSSR count). The summed E-state index contributed by atoms with van der Waals surface area (Å²) < 4.78 is 5.30. The zero-order chi connectivity index (χ0) is 20.5. The van der Waals surface area contributed by atoms with Gasteiger partial charge in [0.15, 0.2) is 0 Å². The standard InChI is InChI=1S/C24H28O4/c1-17(9-7-11-19(3)16-25)8-6-10-18(2)14-15-21-23(26)20-12-4-5-13-22(20)28-24(21)27/h4-5,8,11-14,16,26H,6-7,9-10,15H2,1-3H3/b17-8+,18-14+,19-11+. The van der Waals surface area contributed by atoms with E-state index < -0.39 is 5.63 Å². The number of hydrogen-bond donors (Lipinski definition) is 1. The van der Waals surface area contributed by atoms with Gasteiger partial charge in [-0.3, -0.25) is 4.79 Å². The summed E-state index contributed by atoms with van der Waals surface area (Å²) in [4.78, 5) is 22.7. The highest BCUT2D eigenvalue weighted by Crippen LogP contribution is 2.26. The van der Waals surface area contributed by atoms with Gasteiger partial charge in [0.05, 0.1) is 10.9 Å². The van der Waals surface area contributed by atoms with Crippen molar-refractivity contribution in [2.24, 2.45) is 0 Å². The van der Waals surface area contributed by atoms with Gasteiger partial charge < -0.3 is 9.52 Å². The number of aldehydes is 1. The normalized spacial score (nSPS) is 13.2. The lowest BCUT2D eigenvalue weighted by Gasteiger charge is -2.05. The van der Waals surface area contributed by atoms with E-state index in [4.69, 9.17) is 4.42 Å². The molecule has 1 aromatic carbocycles. The Bertz CT molecular complexity index is 974. The molecule has 1 aromatic heterocycles. The topological polar surface area (TPSA) is 67.5 Å². The highest BCUT2D eigenvalue weighted by atomic mass is 16.4. The Hall–Kier alpha value is -2.88. The Kier molecular flexibility index (Phi) is 8.00. The number of benzene rings is 1. The lowest BCUT2D eigenvalue weighted by Crippen LogP contribution is -2.07. The van der Waals surface area contributed by atoms with Crippen LogP contribution in [0.1, 0.15) is 52.0 Å². The van der Waals surface area contributed by atoms with Gasteiger partial charge in [-0.25, -0.2) is 4.79 Å². The summed E-state index contributed by atoms with van der Waals surface area (Å²) in [6.45, 7) is 5.94. The van der Waals surface area contributed by atoms with Crippen molar-refractivity contribution >= 4 is 17.3 Å². The zero-order valence-electron chi connectivity index (χ0n) is 16.8. The van der Waals surface area contributed by atoms with Gasteiger partial charge in [-0.05, 0) is 64.2 Å². The second-order valence-electron chi connectivity index (χ2n) is 7.16. The van der Waals surface area contributed by atoms with Gasteiger partial charge in [0.1, 0.15) is 17.6 Å². The van der Waals surface area contributed by atoms with E-state index in [2.05, 4.69) is 13.0 Å². The molecule has 0 amide bonds. The van der Waals surface area contributed by atoms with Crippen LogP contribution in [0, 0.1) is 0 Å². The summed E-state index contributed by atoms with van der Waals surface area (Å²) in [5.74, 6) is 0.00492. The number of fused-ring (bicyclic) bond motifs is 1. The lowest BCUT2D eigenvalue weighted by molar-refractivity contribution is -0.104. The fraction of sp³-hybridized carbons (Fsp3) is 0.333. The van der Waals surface area contributed by atoms with Crippen LogP contribution < -0.4 is 5.63 Å². The van der Waals surface area contributed by atoms with E-state index in [1.807, 2.05) is 26.0 Å². The maximum atomic E-state index is 12.1. The maximum absolute atomic E-state index is 12.1. The molecule has 1 heterocycles. The third-order valence-corrected chi connectivity index (χ3v) is 4.75. The van der Waals surface area contributed by atoms with Gasteiger partial charge in [-0.2, -0.15) is 0 Å². The largest absolute Gasteiger partial charge is 0.507 e. The quantitative estimate of drug-likeness (QED) is 0.265. The van der Waals surface area contributed by atoms with E-state index in [0.29, 0.717) is 23.0 Å². The molecule has 0 aliphatic heterocycles. The minimum absolute atomic E-state index is 0.00492. The molecular formula is C24H28O4. The number of rotatable bonds is 9. The van der Waals surface area contributed by atoms with Crippen molar-refractivity contribution in [3.8, 4) is 5.75 Å². The van der Waals surface area contributed by atoms with E-state index in [0.717, 1.165) is 43.1 Å². The summed E-state index contributed by atoms with van der Waals surface area (Å²) in [6, 6.07) is 6.99. The average molecular weight is 380 g/mol. The van der Waals surface area contributed by atoms with Crippen LogP contribution in [0.25, 0.3) is 11.0 Å². The van der Waals surface area contributed by atoms with Crippen molar-refractivity contribution in [2.45, 2.75) is 52.9 Å². The molecule has 0 spiro atoms. The van der Waals surface area contributed by atoms with E-state index in [1.165, 1.54) is 5.57 Å². The van der Waals surface area contributed by atoms with Crippen LogP contribution in [0.15, 0.2) is 68.4 Å². The Morgan fingerprint density at radius 2 is 1.64 bits per heavy atom. The molecule has 0 aliphatic carbocycles. The summed E-state index contributed by atoms with van der Waals surface area (Å²) in [7, 11) is 0. The fourth-order valence-corrected chi connectivity index (χ4v) is 2.95. The third-order valence-electron chi connectivity index (χ3n) is 4.75. The van der Waals surface area contributed by atoms with E-state index >= 15 is 0 Å². The highest BCUT2D eigenvalue weighted by Gasteiger charge is 2.12. The van der Waals surface area contributed by atoms with Crippen LogP contribution in [-0.4, -0.2) is 11.4 Å². The summed E-state index contributed by atoms with van der Waals surface area (Å²) >= 11 is 0. The van der Waals surface area contributed by atoms with E-state index in [-0.39, 0.29) is 5.75 Å². The maximum Gasteiger partial charge on any atom is 0.343 e. The smallest absolute Gasteiger partial charge is 0.343 e. The molecule has 0 radical (unpaired) electrons. The van der Waals surface area contributed by atoms with Crippen molar-refractivity contribution in [2.75, 3.05) is 0 Å². The van der Waals surface area contributed by atoms with E-state index in [1.54, 1.807) is 24.3 Å². The molecular weight excluding hydrogens is 352 g/mol. The third kappa shape index (κ3) is 6.08. The number of para-hydroxylation sites is 1. The molecule has 4 nitrogen and oxygen atoms in total. The Morgan fingerprint density at radius 3 is 2.36 bits per heavy atom. The first-order valence-electron chi connectivity index (χ1n) is 9.59. The van der Waals surface area contributed by atoms with Crippen molar-refractivity contribution in [1.82, 2.24) is 0 Å². The SMILES string of the molecule is C/C(C=O)=C\CC/C(C)=C/CC/C(C)=C/Cc1c(O)c2ccccc2oc1=O. The van der Waals surface area contributed by atoms with Crippen LogP contribution in [-0.2, 0) is 11.2 Å². The van der Waals surface area contributed by atoms with Crippen LogP contribution in [0.2, 0.25) is 0 Å². The van der Waals surface area contributed by atoms with Crippen LogP contribution >= 0.6 is 0 Å². The number of hydrogen-bond acceptors (Lipinski definition) is 4. The first-order valence-corrected chi connectivity index (χ1v) is 9.59. The summed E-state index contributed by atoms with van der Waals surface area (Å²) in [5, 5.41) is 11.0. The molecule has 4 heteroatoms. The molecule has 2 aromatic rings. The molecule has 1 N–H and O–H groups in total. The van der Waals surface area contributed by atoms with Crippen LogP contribution in [0.3, 0.4) is 0 Å². The van der Waals surface area contributed by atoms with Crippen molar-refractivity contribution in [1.29, 1.82) is 0 Å². The van der Waals surface area contributed by atoms with Crippen LogP contribution in [0.4, 0.5) is 0 Å². The Morgan fingerprint density at radius 1 is 1.00 bits per heavy atom. The van der Waals surface area contributed by atoms with Crippen molar-refractivity contribution in [3.05, 3.63) is 75.2 Å². The number of carbonyl (C=O) groups excluding carboxylic acids is 1. The second-order valence-corrected chi connectivity index (χ2v) is 7.16. The van der Waals surface area contributed by atoms with Crippen molar-refractivity contribution < 1.29 is 14.3 Å². The summed E-state index contributed by atoms with van der Waals surface area (Å²) in [6.07, 6.45) is 11.0. The fourth-order valence-electron chi connectivity index (χ4n) is 2.95. The first-order chi connectivity index (χ1) is 13.4. The molecule has 0 bridgehead atoms. The molecule has 148 valence electrons. The average Bonchev–Trinajstić information content (AvgIpc) is 2.67. The Labute approximate surface area is 165 Å². The molecule has 0 aliphatic rings. The number of aromatic hydroxyl groups is 1. The van der Waals surface area contributed by atoms with Gasteiger partial charge in [-0.15, -0.1) is 0 Å². The summed E-state index contributed by atoms with van der Waals surface area (Å²) in [5.41, 5.74) is 3.43. The number of carbonyl (C=O) groups is 1. The molecule has 0 fully saturated rings. The van der Waals surface area contributed by atoms with Crippen molar-refractivity contribution in [3.63, 3.8) is 0 Å². The molecule has 0 saturated carbocycles. The lowest BCUT2D eigenvalue weighted by atomic mass is 10.0. The van der Waals surface area contributed by atoms with Gasteiger partial charge in [0.2, 0.25) is 0 Å². The van der Waals surface area contributed by atoms with Gasteiger partial charge in [0, 0.05) is 6.42 Å². The molecule has 28 heavy (non-hydrogen) atoms.